The minimum absolute atomic E-state index is 0.374. The monoisotopic (exact) mass is 188 g/mol. The number of aliphatic hydroxyl groups is 1. The van der Waals surface area contributed by atoms with Crippen LogP contribution in [0.2, 0.25) is 0 Å². The molecule has 0 radical (unpaired) electrons. The predicted octanol–water partition coefficient (Wildman–Crippen LogP) is 3.16. The molecule has 2 rings (SSSR count). The molecule has 2 unspecified atom stereocenters. The molecule has 0 saturated carbocycles. The number of aliphatic hydroxyl groups excluding tert-OH is 1. The van der Waals surface area contributed by atoms with Crippen molar-refractivity contribution in [1.82, 2.24) is 0 Å². The second-order valence-corrected chi connectivity index (χ2v) is 3.99. The van der Waals surface area contributed by atoms with Crippen LogP contribution >= 0.6 is 0 Å². The molecule has 14 heavy (non-hydrogen) atoms. The molecule has 1 aromatic rings. The Hall–Kier alpha value is -1.08. The highest BCUT2D eigenvalue weighted by Crippen LogP contribution is 2.38. The summed E-state index contributed by atoms with van der Waals surface area (Å²) < 4.78 is 0. The molecule has 1 nitrogen and oxygen atoms in total. The first-order chi connectivity index (χ1) is 6.74. The Bertz CT molecular complexity index is 365. The minimum Gasteiger partial charge on any atom is -0.384 e. The topological polar surface area (TPSA) is 20.2 Å². The number of fused-ring (bicyclic) bond motifs is 1. The fourth-order valence-corrected chi connectivity index (χ4v) is 1.98. The molecule has 2 atom stereocenters. The molecule has 1 aliphatic carbocycles. The molecule has 0 aliphatic heterocycles. The highest BCUT2D eigenvalue weighted by Gasteiger charge is 2.25. The van der Waals surface area contributed by atoms with E-state index in [0.29, 0.717) is 5.92 Å². The molecule has 1 N–H and O–H groups in total. The van der Waals surface area contributed by atoms with E-state index in [1.54, 1.807) is 0 Å². The van der Waals surface area contributed by atoms with Crippen molar-refractivity contribution < 1.29 is 5.11 Å². The average Bonchev–Trinajstić information content (AvgIpc) is 2.56. The van der Waals surface area contributed by atoms with Gasteiger partial charge >= 0.3 is 0 Å². The second-order valence-electron chi connectivity index (χ2n) is 3.99. The van der Waals surface area contributed by atoms with E-state index in [0.717, 1.165) is 17.6 Å². The van der Waals surface area contributed by atoms with Crippen LogP contribution in [0.4, 0.5) is 0 Å². The summed E-state index contributed by atoms with van der Waals surface area (Å²) in [5, 5.41) is 10.1. The number of hydrogen-bond donors (Lipinski definition) is 1. The lowest BCUT2D eigenvalue weighted by Gasteiger charge is -2.15. The summed E-state index contributed by atoms with van der Waals surface area (Å²) >= 11 is 0. The quantitative estimate of drug-likeness (QED) is 0.755. The van der Waals surface area contributed by atoms with Crippen LogP contribution in [-0.4, -0.2) is 5.11 Å². The van der Waals surface area contributed by atoms with Gasteiger partial charge in [-0.2, -0.15) is 0 Å². The zero-order chi connectivity index (χ0) is 10.1. The highest BCUT2D eigenvalue weighted by molar-refractivity contribution is 5.65. The van der Waals surface area contributed by atoms with Gasteiger partial charge in [0, 0.05) is 0 Å². The lowest BCUT2D eigenvalue weighted by molar-refractivity contribution is 0.206. The van der Waals surface area contributed by atoms with E-state index >= 15 is 0 Å². The van der Waals surface area contributed by atoms with Crippen LogP contribution in [0.15, 0.2) is 29.8 Å². The molecular weight excluding hydrogens is 172 g/mol. The maximum Gasteiger partial charge on any atom is 0.101 e. The predicted molar refractivity (Wildman–Crippen MR) is 58.8 cm³/mol. The first kappa shape index (κ1) is 9.47. The number of benzene rings is 1. The van der Waals surface area contributed by atoms with Gasteiger partial charge < -0.3 is 5.11 Å². The van der Waals surface area contributed by atoms with E-state index in [4.69, 9.17) is 0 Å². The van der Waals surface area contributed by atoms with Gasteiger partial charge in [-0.3, -0.25) is 0 Å². The van der Waals surface area contributed by atoms with E-state index in [1.807, 2.05) is 18.2 Å². The Kier molecular flexibility index (Phi) is 2.42. The minimum atomic E-state index is -0.374. The molecular formula is C13H16O. The van der Waals surface area contributed by atoms with Crippen LogP contribution in [0.5, 0.6) is 0 Å². The molecule has 0 saturated heterocycles. The molecule has 1 heteroatoms. The van der Waals surface area contributed by atoms with Gasteiger partial charge in [0.2, 0.25) is 0 Å². The van der Waals surface area contributed by atoms with Crippen molar-refractivity contribution in [3.8, 4) is 0 Å². The molecule has 1 aliphatic rings. The first-order valence-electron chi connectivity index (χ1n) is 5.22. The Balaban J connectivity index is 2.36. The summed E-state index contributed by atoms with van der Waals surface area (Å²) in [5.74, 6) is 0.470. The van der Waals surface area contributed by atoms with Gasteiger partial charge in [0.1, 0.15) is 6.10 Å². The lowest BCUT2D eigenvalue weighted by atomic mass is 9.95. The molecule has 0 aromatic heterocycles. The Labute approximate surface area is 85.1 Å². The summed E-state index contributed by atoms with van der Waals surface area (Å²) in [7, 11) is 0. The van der Waals surface area contributed by atoms with Crippen molar-refractivity contribution in [1.29, 1.82) is 0 Å². The van der Waals surface area contributed by atoms with Gasteiger partial charge in [-0.1, -0.05) is 44.2 Å². The van der Waals surface area contributed by atoms with Crippen molar-refractivity contribution in [2.75, 3.05) is 0 Å². The number of hydrogen-bond acceptors (Lipinski definition) is 1. The van der Waals surface area contributed by atoms with E-state index in [-0.39, 0.29) is 6.10 Å². The fraction of sp³-hybridized carbons (Fsp3) is 0.385. The molecule has 74 valence electrons. The summed E-state index contributed by atoms with van der Waals surface area (Å²) in [5.41, 5.74) is 3.40. The van der Waals surface area contributed by atoms with E-state index in [2.05, 4.69) is 26.0 Å². The third-order valence-electron chi connectivity index (χ3n) is 3.11. The normalized spacial score (nSPS) is 21.6. The summed E-state index contributed by atoms with van der Waals surface area (Å²) in [6.45, 7) is 4.32. The van der Waals surface area contributed by atoms with E-state index in [1.165, 1.54) is 5.56 Å². The maximum absolute atomic E-state index is 10.1. The zero-order valence-electron chi connectivity index (χ0n) is 8.70. The smallest absolute Gasteiger partial charge is 0.101 e. The molecule has 0 heterocycles. The second kappa shape index (κ2) is 3.58. The summed E-state index contributed by atoms with van der Waals surface area (Å²) in [6, 6.07) is 8.07. The van der Waals surface area contributed by atoms with Gasteiger partial charge in [-0.15, -0.1) is 0 Å². The van der Waals surface area contributed by atoms with Gasteiger partial charge in [0.25, 0.3) is 0 Å². The van der Waals surface area contributed by atoms with Crippen molar-refractivity contribution in [3.63, 3.8) is 0 Å². The molecule has 1 aromatic carbocycles. The van der Waals surface area contributed by atoms with Gasteiger partial charge in [-0.05, 0) is 29.0 Å². The van der Waals surface area contributed by atoms with Crippen LogP contribution in [0, 0.1) is 5.92 Å². The molecule has 0 bridgehead atoms. The third kappa shape index (κ3) is 1.38. The van der Waals surface area contributed by atoms with Crippen LogP contribution in [0.3, 0.4) is 0 Å². The lowest BCUT2D eigenvalue weighted by Crippen LogP contribution is -2.04. The average molecular weight is 188 g/mol. The van der Waals surface area contributed by atoms with Crippen molar-refractivity contribution in [3.05, 3.63) is 41.0 Å². The number of rotatable bonds is 2. The Morgan fingerprint density at radius 2 is 2.07 bits per heavy atom. The van der Waals surface area contributed by atoms with Gasteiger partial charge in [0.05, 0.1) is 0 Å². The summed E-state index contributed by atoms with van der Waals surface area (Å²) in [6.07, 6.45) is 2.84. The van der Waals surface area contributed by atoms with Gasteiger partial charge in [-0.25, -0.2) is 0 Å². The standard InChI is InChI=1S/C13H16O/c1-3-9(2)12-8-10-6-4-5-7-11(10)13(12)14/h4-9,13-14H,3H2,1-2H3. The summed E-state index contributed by atoms with van der Waals surface area (Å²) in [4.78, 5) is 0. The molecule has 0 spiro atoms. The molecule has 0 amide bonds. The Morgan fingerprint density at radius 3 is 2.71 bits per heavy atom. The SMILES string of the molecule is CCC(C)C1=Cc2ccccc2C1O. The van der Waals surface area contributed by atoms with Crippen molar-refractivity contribution in [2.24, 2.45) is 5.92 Å². The van der Waals surface area contributed by atoms with Crippen LogP contribution in [0.1, 0.15) is 37.5 Å². The van der Waals surface area contributed by atoms with Crippen LogP contribution in [-0.2, 0) is 0 Å². The zero-order valence-corrected chi connectivity index (χ0v) is 8.70. The highest BCUT2D eigenvalue weighted by atomic mass is 16.3. The fourth-order valence-electron chi connectivity index (χ4n) is 1.98. The first-order valence-corrected chi connectivity index (χ1v) is 5.22. The van der Waals surface area contributed by atoms with E-state index < -0.39 is 0 Å². The largest absolute Gasteiger partial charge is 0.384 e. The van der Waals surface area contributed by atoms with Gasteiger partial charge in [0.15, 0.2) is 0 Å². The molecule has 0 fully saturated rings. The van der Waals surface area contributed by atoms with Crippen LogP contribution in [0.25, 0.3) is 6.08 Å². The van der Waals surface area contributed by atoms with Crippen LogP contribution < -0.4 is 0 Å². The Morgan fingerprint density at radius 1 is 1.36 bits per heavy atom. The third-order valence-corrected chi connectivity index (χ3v) is 3.11. The van der Waals surface area contributed by atoms with Crippen molar-refractivity contribution >= 4 is 6.08 Å². The van der Waals surface area contributed by atoms with E-state index in [9.17, 15) is 5.11 Å². The maximum atomic E-state index is 10.1. The van der Waals surface area contributed by atoms with Crippen molar-refractivity contribution in [2.45, 2.75) is 26.4 Å².